The molecule has 3 rings (SSSR count). The van der Waals surface area contributed by atoms with Gasteiger partial charge in [0.05, 0.1) is 11.8 Å². The summed E-state index contributed by atoms with van der Waals surface area (Å²) in [5.41, 5.74) is 3.53. The molecule has 0 unspecified atom stereocenters. The van der Waals surface area contributed by atoms with Crippen LogP contribution in [-0.2, 0) is 5.41 Å². The predicted octanol–water partition coefficient (Wildman–Crippen LogP) is 3.13. The van der Waals surface area contributed by atoms with E-state index >= 15 is 0 Å². The van der Waals surface area contributed by atoms with Gasteiger partial charge < -0.3 is 4.74 Å². The number of esters is 1. The average molecular weight is 391 g/mol. The lowest BCUT2D eigenvalue weighted by molar-refractivity contribution is 0.0735. The molecule has 8 nitrogen and oxygen atoms in total. The second-order valence-electron chi connectivity index (χ2n) is 7.30. The Kier molecular flexibility index (Phi) is 5.82. The third-order valence-corrected chi connectivity index (χ3v) is 3.89. The van der Waals surface area contributed by atoms with Crippen molar-refractivity contribution in [1.29, 1.82) is 0 Å². The van der Waals surface area contributed by atoms with E-state index in [9.17, 15) is 9.59 Å². The maximum Gasteiger partial charge on any atom is 0.343 e. The highest BCUT2D eigenvalue weighted by molar-refractivity contribution is 5.91. The standard InChI is InChI=1S/C21H21N5O3/c1-21(2,3)17-18(27)23-20(26-24-17)25-22-13-14-9-11-16(12-10-14)29-19(28)15-7-5-4-6-8-15/h4-13H,1-3H3,(H2,23,25,26,27)/b22-13+. The molecule has 1 heterocycles. The molecule has 0 amide bonds. The second-order valence-corrected chi connectivity index (χ2v) is 7.30. The van der Waals surface area contributed by atoms with E-state index in [4.69, 9.17) is 4.74 Å². The Bertz CT molecular complexity index is 1070. The van der Waals surface area contributed by atoms with Crippen LogP contribution in [0.3, 0.4) is 0 Å². The summed E-state index contributed by atoms with van der Waals surface area (Å²) in [4.78, 5) is 26.7. The highest BCUT2D eigenvalue weighted by atomic mass is 16.5. The fourth-order valence-electron chi connectivity index (χ4n) is 2.41. The highest BCUT2D eigenvalue weighted by Gasteiger charge is 2.20. The van der Waals surface area contributed by atoms with Crippen molar-refractivity contribution >= 4 is 18.1 Å². The van der Waals surface area contributed by atoms with Gasteiger partial charge in [0.2, 0.25) is 5.95 Å². The lowest BCUT2D eigenvalue weighted by Crippen LogP contribution is -2.28. The molecule has 0 saturated carbocycles. The molecule has 0 radical (unpaired) electrons. The molecule has 29 heavy (non-hydrogen) atoms. The molecule has 0 aliphatic carbocycles. The number of carbonyl (C=O) groups excluding carboxylic acids is 1. The minimum absolute atomic E-state index is 0.146. The van der Waals surface area contributed by atoms with E-state index in [1.54, 1.807) is 54.7 Å². The number of aromatic amines is 1. The maximum atomic E-state index is 12.1. The van der Waals surface area contributed by atoms with E-state index in [1.165, 1.54) is 0 Å². The number of nitrogens with zero attached hydrogens (tertiary/aromatic N) is 3. The summed E-state index contributed by atoms with van der Waals surface area (Å²) in [6.07, 6.45) is 1.54. The van der Waals surface area contributed by atoms with Crippen LogP contribution in [0.5, 0.6) is 5.75 Å². The Labute approximate surface area is 167 Å². The molecule has 148 valence electrons. The maximum absolute atomic E-state index is 12.1. The molecule has 2 N–H and O–H groups in total. The van der Waals surface area contributed by atoms with Gasteiger partial charge >= 0.3 is 5.97 Å². The summed E-state index contributed by atoms with van der Waals surface area (Å²) in [6.45, 7) is 5.66. The zero-order chi connectivity index (χ0) is 20.9. The molecule has 0 aliphatic rings. The van der Waals surface area contributed by atoms with Crippen molar-refractivity contribution in [1.82, 2.24) is 15.2 Å². The Morgan fingerprint density at radius 3 is 2.38 bits per heavy atom. The summed E-state index contributed by atoms with van der Waals surface area (Å²) >= 11 is 0. The van der Waals surface area contributed by atoms with Crippen LogP contribution in [0, 0.1) is 0 Å². The second kappa shape index (κ2) is 8.47. The van der Waals surface area contributed by atoms with Crippen LogP contribution in [0.25, 0.3) is 0 Å². The van der Waals surface area contributed by atoms with Gasteiger partial charge in [-0.05, 0) is 42.0 Å². The zero-order valence-electron chi connectivity index (χ0n) is 16.3. The van der Waals surface area contributed by atoms with E-state index < -0.39 is 11.4 Å². The van der Waals surface area contributed by atoms with Crippen molar-refractivity contribution in [3.8, 4) is 5.75 Å². The molecular weight excluding hydrogens is 370 g/mol. The Hall–Kier alpha value is -3.81. The Morgan fingerprint density at radius 1 is 1.07 bits per heavy atom. The van der Waals surface area contributed by atoms with E-state index in [0.717, 1.165) is 5.56 Å². The van der Waals surface area contributed by atoms with Crippen molar-refractivity contribution < 1.29 is 9.53 Å². The van der Waals surface area contributed by atoms with Crippen LogP contribution in [0.15, 0.2) is 64.5 Å². The number of hydrogen-bond acceptors (Lipinski definition) is 7. The molecule has 0 fully saturated rings. The smallest absolute Gasteiger partial charge is 0.343 e. The lowest BCUT2D eigenvalue weighted by atomic mass is 9.93. The molecule has 8 heteroatoms. The first-order chi connectivity index (χ1) is 13.8. The number of ether oxygens (including phenoxy) is 1. The van der Waals surface area contributed by atoms with Gasteiger partial charge in [-0.25, -0.2) is 10.2 Å². The van der Waals surface area contributed by atoms with Crippen molar-refractivity contribution in [3.05, 3.63) is 81.8 Å². The van der Waals surface area contributed by atoms with Gasteiger partial charge in [-0.2, -0.15) is 5.10 Å². The summed E-state index contributed by atoms with van der Waals surface area (Å²) in [5.74, 6) is 0.152. The van der Waals surface area contributed by atoms with Crippen LogP contribution in [-0.4, -0.2) is 27.4 Å². The van der Waals surface area contributed by atoms with Crippen LogP contribution in [0.2, 0.25) is 0 Å². The van der Waals surface area contributed by atoms with E-state index in [1.807, 2.05) is 26.8 Å². The topological polar surface area (TPSA) is 109 Å². The normalized spacial score (nSPS) is 11.4. The van der Waals surface area contributed by atoms with E-state index in [0.29, 0.717) is 17.0 Å². The van der Waals surface area contributed by atoms with Crippen molar-refractivity contribution in [2.24, 2.45) is 5.10 Å². The van der Waals surface area contributed by atoms with Crippen LogP contribution < -0.4 is 15.7 Å². The monoisotopic (exact) mass is 391 g/mol. The van der Waals surface area contributed by atoms with Gasteiger partial charge in [-0.1, -0.05) is 39.0 Å². The first kappa shape index (κ1) is 19.9. The van der Waals surface area contributed by atoms with Gasteiger partial charge in [0.1, 0.15) is 11.4 Å². The molecule has 2 aromatic carbocycles. The summed E-state index contributed by atoms with van der Waals surface area (Å²) in [5, 5.41) is 11.9. The van der Waals surface area contributed by atoms with Gasteiger partial charge in [-0.3, -0.25) is 9.78 Å². The SMILES string of the molecule is CC(C)(C)c1nnc(N/N=C/c2ccc(OC(=O)c3ccccc3)cc2)[nH]c1=O. The minimum Gasteiger partial charge on any atom is -0.423 e. The molecule has 1 aromatic heterocycles. The Balaban J connectivity index is 1.60. The Morgan fingerprint density at radius 2 is 1.76 bits per heavy atom. The highest BCUT2D eigenvalue weighted by Crippen LogP contribution is 2.15. The summed E-state index contributed by atoms with van der Waals surface area (Å²) in [6, 6.07) is 15.6. The van der Waals surface area contributed by atoms with Crippen molar-refractivity contribution in [3.63, 3.8) is 0 Å². The average Bonchev–Trinajstić information content (AvgIpc) is 2.69. The van der Waals surface area contributed by atoms with Gasteiger partial charge in [0, 0.05) is 5.41 Å². The number of nitrogens with one attached hydrogen (secondary N) is 2. The molecule has 0 saturated heterocycles. The summed E-state index contributed by atoms with van der Waals surface area (Å²) < 4.78 is 5.32. The first-order valence-corrected chi connectivity index (χ1v) is 8.97. The molecule has 3 aromatic rings. The van der Waals surface area contributed by atoms with Crippen molar-refractivity contribution in [2.75, 3.05) is 5.43 Å². The van der Waals surface area contributed by atoms with Gasteiger partial charge in [0.25, 0.3) is 5.56 Å². The van der Waals surface area contributed by atoms with E-state index in [-0.39, 0.29) is 11.5 Å². The number of hydrogen-bond donors (Lipinski definition) is 2. The number of anilines is 1. The third kappa shape index (κ3) is 5.35. The lowest BCUT2D eigenvalue weighted by Gasteiger charge is -2.15. The number of H-pyrrole nitrogens is 1. The first-order valence-electron chi connectivity index (χ1n) is 8.97. The fraction of sp³-hybridized carbons (Fsp3) is 0.190. The molecule has 0 spiro atoms. The van der Waals surface area contributed by atoms with Crippen molar-refractivity contribution in [2.45, 2.75) is 26.2 Å². The number of rotatable bonds is 5. The van der Waals surface area contributed by atoms with E-state index in [2.05, 4.69) is 25.7 Å². The molecule has 0 atom stereocenters. The number of carbonyl (C=O) groups is 1. The quantitative estimate of drug-likeness (QED) is 0.299. The van der Waals surface area contributed by atoms with Gasteiger partial charge in [0.15, 0.2) is 0 Å². The molecular formula is C21H21N5O3. The van der Waals surface area contributed by atoms with Gasteiger partial charge in [-0.15, -0.1) is 10.2 Å². The molecule has 0 aliphatic heterocycles. The predicted molar refractivity (Wildman–Crippen MR) is 110 cm³/mol. The van der Waals surface area contributed by atoms with Crippen LogP contribution in [0.4, 0.5) is 5.95 Å². The largest absolute Gasteiger partial charge is 0.423 e. The number of benzene rings is 2. The number of hydrazone groups is 1. The number of aromatic nitrogens is 3. The third-order valence-electron chi connectivity index (χ3n) is 3.89. The van der Waals surface area contributed by atoms with Crippen LogP contribution >= 0.6 is 0 Å². The zero-order valence-corrected chi connectivity index (χ0v) is 16.3. The van der Waals surface area contributed by atoms with Crippen LogP contribution in [0.1, 0.15) is 42.4 Å². The summed E-state index contributed by atoms with van der Waals surface area (Å²) in [7, 11) is 0. The minimum atomic E-state index is -0.421. The molecule has 0 bridgehead atoms. The fourth-order valence-corrected chi connectivity index (χ4v) is 2.41.